The van der Waals surface area contributed by atoms with Gasteiger partial charge in [-0.15, -0.1) is 11.3 Å². The van der Waals surface area contributed by atoms with E-state index in [-0.39, 0.29) is 18.2 Å². The second-order valence-electron chi connectivity index (χ2n) is 4.91. The SMILES string of the molecule is Cc1cnc(CNC2CC(=O)N(c3ccccc3)C2=O)s1. The zero-order chi connectivity index (χ0) is 14.8. The smallest absolute Gasteiger partial charge is 0.251 e. The van der Waals surface area contributed by atoms with Gasteiger partial charge in [0.15, 0.2) is 0 Å². The zero-order valence-corrected chi connectivity index (χ0v) is 12.4. The highest BCUT2D eigenvalue weighted by molar-refractivity contribution is 7.11. The summed E-state index contributed by atoms with van der Waals surface area (Å²) in [5.74, 6) is -0.363. The maximum atomic E-state index is 12.4. The van der Waals surface area contributed by atoms with E-state index in [0.29, 0.717) is 12.2 Å². The van der Waals surface area contributed by atoms with Gasteiger partial charge in [-0.25, -0.2) is 9.88 Å². The van der Waals surface area contributed by atoms with Gasteiger partial charge in [-0.3, -0.25) is 14.9 Å². The topological polar surface area (TPSA) is 62.3 Å². The van der Waals surface area contributed by atoms with E-state index < -0.39 is 6.04 Å². The Morgan fingerprint density at radius 2 is 2.10 bits per heavy atom. The van der Waals surface area contributed by atoms with Crippen molar-refractivity contribution in [2.24, 2.45) is 0 Å². The lowest BCUT2D eigenvalue weighted by Crippen LogP contribution is -2.38. The molecule has 1 aromatic heterocycles. The average molecular weight is 301 g/mol. The first-order chi connectivity index (χ1) is 10.1. The lowest BCUT2D eigenvalue weighted by atomic mass is 10.2. The number of thiazole rings is 1. The highest BCUT2D eigenvalue weighted by Crippen LogP contribution is 2.22. The molecule has 1 atom stereocenters. The summed E-state index contributed by atoms with van der Waals surface area (Å²) < 4.78 is 0. The van der Waals surface area contributed by atoms with Crippen LogP contribution in [-0.4, -0.2) is 22.8 Å². The van der Waals surface area contributed by atoms with Crippen molar-refractivity contribution >= 4 is 28.8 Å². The van der Waals surface area contributed by atoms with Crippen molar-refractivity contribution in [1.82, 2.24) is 10.3 Å². The van der Waals surface area contributed by atoms with E-state index in [1.807, 2.05) is 25.1 Å². The van der Waals surface area contributed by atoms with Gasteiger partial charge in [0.05, 0.1) is 18.2 Å². The van der Waals surface area contributed by atoms with Crippen LogP contribution in [0.1, 0.15) is 16.3 Å². The maximum absolute atomic E-state index is 12.4. The summed E-state index contributed by atoms with van der Waals surface area (Å²) in [6.07, 6.45) is 2.00. The Bertz CT molecular complexity index is 669. The Labute approximate surface area is 126 Å². The number of carbonyl (C=O) groups excluding carboxylic acids is 2. The molecule has 0 bridgehead atoms. The molecule has 1 aromatic carbocycles. The number of rotatable bonds is 4. The fourth-order valence-corrected chi connectivity index (χ4v) is 3.07. The molecule has 3 rings (SSSR count). The van der Waals surface area contributed by atoms with Crippen molar-refractivity contribution in [1.29, 1.82) is 0 Å². The van der Waals surface area contributed by atoms with Crippen molar-refractivity contribution in [3.63, 3.8) is 0 Å². The third-order valence-electron chi connectivity index (χ3n) is 3.33. The summed E-state index contributed by atoms with van der Waals surface area (Å²) in [4.78, 5) is 31.1. The number of imide groups is 1. The fourth-order valence-electron chi connectivity index (χ4n) is 2.33. The fraction of sp³-hybridized carbons (Fsp3) is 0.267. The summed E-state index contributed by atoms with van der Waals surface area (Å²) in [5, 5.41) is 4.05. The van der Waals surface area contributed by atoms with Crippen LogP contribution in [0.2, 0.25) is 0 Å². The molecule has 1 N–H and O–H groups in total. The van der Waals surface area contributed by atoms with Gasteiger partial charge in [0.1, 0.15) is 5.01 Å². The Balaban J connectivity index is 1.69. The molecule has 1 aliphatic rings. The molecule has 2 amide bonds. The number of amides is 2. The van der Waals surface area contributed by atoms with Crippen LogP contribution in [-0.2, 0) is 16.1 Å². The second-order valence-corrected chi connectivity index (χ2v) is 6.22. The summed E-state index contributed by atoms with van der Waals surface area (Å²) >= 11 is 1.59. The molecule has 108 valence electrons. The average Bonchev–Trinajstić information content (AvgIpc) is 3.01. The van der Waals surface area contributed by atoms with Crippen LogP contribution in [0.4, 0.5) is 5.69 Å². The van der Waals surface area contributed by atoms with Crippen LogP contribution in [0, 0.1) is 6.92 Å². The molecule has 21 heavy (non-hydrogen) atoms. The number of hydrogen-bond donors (Lipinski definition) is 1. The van der Waals surface area contributed by atoms with Gasteiger partial charge in [-0.1, -0.05) is 18.2 Å². The minimum Gasteiger partial charge on any atom is -0.299 e. The van der Waals surface area contributed by atoms with Gasteiger partial charge in [0.25, 0.3) is 5.91 Å². The molecule has 0 radical (unpaired) electrons. The number of hydrogen-bond acceptors (Lipinski definition) is 5. The number of para-hydroxylation sites is 1. The zero-order valence-electron chi connectivity index (χ0n) is 11.6. The Hall–Kier alpha value is -2.05. The van der Waals surface area contributed by atoms with Crippen molar-refractivity contribution in [3.8, 4) is 0 Å². The van der Waals surface area contributed by atoms with Crippen molar-refractivity contribution < 1.29 is 9.59 Å². The first-order valence-electron chi connectivity index (χ1n) is 6.71. The molecule has 1 saturated heterocycles. The number of carbonyl (C=O) groups is 2. The summed E-state index contributed by atoms with van der Waals surface area (Å²) in [7, 11) is 0. The van der Waals surface area contributed by atoms with Gasteiger partial charge in [-0.2, -0.15) is 0 Å². The third kappa shape index (κ3) is 2.86. The van der Waals surface area contributed by atoms with Gasteiger partial charge < -0.3 is 0 Å². The van der Waals surface area contributed by atoms with Crippen LogP contribution in [0.15, 0.2) is 36.5 Å². The first kappa shape index (κ1) is 13.9. The molecule has 0 aliphatic carbocycles. The Kier molecular flexibility index (Phi) is 3.81. The molecule has 1 unspecified atom stereocenters. The van der Waals surface area contributed by atoms with E-state index >= 15 is 0 Å². The van der Waals surface area contributed by atoms with Gasteiger partial charge in [0.2, 0.25) is 5.91 Å². The summed E-state index contributed by atoms with van der Waals surface area (Å²) in [6, 6.07) is 8.55. The largest absolute Gasteiger partial charge is 0.299 e. The van der Waals surface area contributed by atoms with Crippen molar-refractivity contribution in [3.05, 3.63) is 46.4 Å². The minimum absolute atomic E-state index is 0.168. The predicted octanol–water partition coefficient (Wildman–Crippen LogP) is 1.87. The van der Waals surface area contributed by atoms with Crippen LogP contribution in [0.3, 0.4) is 0 Å². The monoisotopic (exact) mass is 301 g/mol. The summed E-state index contributed by atoms with van der Waals surface area (Å²) in [5.41, 5.74) is 0.627. The maximum Gasteiger partial charge on any atom is 0.251 e. The van der Waals surface area contributed by atoms with Crippen LogP contribution < -0.4 is 10.2 Å². The minimum atomic E-state index is -0.470. The lowest BCUT2D eigenvalue weighted by molar-refractivity contribution is -0.121. The second kappa shape index (κ2) is 5.75. The van der Waals surface area contributed by atoms with Crippen molar-refractivity contribution in [2.75, 3.05) is 4.90 Å². The van der Waals surface area contributed by atoms with Gasteiger partial charge in [-0.05, 0) is 19.1 Å². The van der Waals surface area contributed by atoms with E-state index in [0.717, 1.165) is 9.88 Å². The highest BCUT2D eigenvalue weighted by atomic mass is 32.1. The molecule has 2 aromatic rings. The first-order valence-corrected chi connectivity index (χ1v) is 7.53. The number of nitrogens with one attached hydrogen (secondary N) is 1. The normalized spacial score (nSPS) is 18.5. The number of nitrogens with zero attached hydrogens (tertiary/aromatic N) is 2. The highest BCUT2D eigenvalue weighted by Gasteiger charge is 2.39. The van der Waals surface area contributed by atoms with E-state index in [1.54, 1.807) is 29.7 Å². The number of aryl methyl sites for hydroxylation is 1. The molecule has 1 aliphatic heterocycles. The molecule has 6 heteroatoms. The molecule has 5 nitrogen and oxygen atoms in total. The molecule has 1 fully saturated rings. The molecular weight excluding hydrogens is 286 g/mol. The van der Waals surface area contributed by atoms with Crippen molar-refractivity contribution in [2.45, 2.75) is 25.9 Å². The number of aromatic nitrogens is 1. The quantitative estimate of drug-likeness (QED) is 0.876. The Morgan fingerprint density at radius 1 is 1.33 bits per heavy atom. The predicted molar refractivity (Wildman–Crippen MR) is 81.0 cm³/mol. The molecule has 0 saturated carbocycles. The van der Waals surface area contributed by atoms with Gasteiger partial charge in [0, 0.05) is 17.6 Å². The van der Waals surface area contributed by atoms with Gasteiger partial charge >= 0.3 is 0 Å². The van der Waals surface area contributed by atoms with E-state index in [1.165, 1.54) is 4.90 Å². The van der Waals surface area contributed by atoms with E-state index in [9.17, 15) is 9.59 Å². The third-order valence-corrected chi connectivity index (χ3v) is 4.24. The number of benzene rings is 1. The Morgan fingerprint density at radius 3 is 2.76 bits per heavy atom. The van der Waals surface area contributed by atoms with Crippen LogP contribution >= 0.6 is 11.3 Å². The molecule has 0 spiro atoms. The lowest BCUT2D eigenvalue weighted by Gasteiger charge is -2.15. The summed E-state index contributed by atoms with van der Waals surface area (Å²) in [6.45, 7) is 2.49. The van der Waals surface area contributed by atoms with Crippen LogP contribution in [0.25, 0.3) is 0 Å². The standard InChI is InChI=1S/C15H15N3O2S/c1-10-8-17-13(21-10)9-16-12-7-14(19)18(15(12)20)11-5-3-2-4-6-11/h2-6,8,12,16H,7,9H2,1H3. The van der Waals surface area contributed by atoms with Crippen LogP contribution in [0.5, 0.6) is 0 Å². The molecular formula is C15H15N3O2S. The molecule has 2 heterocycles. The number of anilines is 1. The van der Waals surface area contributed by atoms with E-state index in [4.69, 9.17) is 0 Å². The van der Waals surface area contributed by atoms with E-state index in [2.05, 4.69) is 10.3 Å².